The molecule has 6 nitrogen and oxygen atoms in total. The number of aromatic nitrogens is 1. The van der Waals surface area contributed by atoms with E-state index in [1.807, 2.05) is 36.4 Å². The van der Waals surface area contributed by atoms with Crippen LogP contribution in [0.25, 0.3) is 10.9 Å². The van der Waals surface area contributed by atoms with Gasteiger partial charge in [-0.15, -0.1) is 0 Å². The van der Waals surface area contributed by atoms with Gasteiger partial charge >= 0.3 is 0 Å². The summed E-state index contributed by atoms with van der Waals surface area (Å²) < 4.78 is 9.57. The van der Waals surface area contributed by atoms with E-state index in [1.54, 1.807) is 13.8 Å². The first kappa shape index (κ1) is 21.6. The molecule has 0 unspecified atom stereocenters. The summed E-state index contributed by atoms with van der Waals surface area (Å²) in [6.45, 7) is 4.05. The maximum absolute atomic E-state index is 12.4. The molecule has 1 saturated carbocycles. The number of anilines is 1. The maximum Gasteiger partial charge on any atom is 0.294 e. The zero-order chi connectivity index (χ0) is 21.3. The molecule has 0 aliphatic heterocycles. The van der Waals surface area contributed by atoms with Crippen LogP contribution in [0.4, 0.5) is 5.69 Å². The van der Waals surface area contributed by atoms with Crippen LogP contribution in [0.5, 0.6) is 0 Å². The lowest BCUT2D eigenvalue weighted by Crippen LogP contribution is -2.11. The third-order valence-electron chi connectivity index (χ3n) is 5.16. The van der Waals surface area contributed by atoms with Crippen molar-refractivity contribution in [3.63, 3.8) is 0 Å². The second kappa shape index (κ2) is 10.6. The van der Waals surface area contributed by atoms with Gasteiger partial charge in [-0.3, -0.25) is 9.59 Å². The van der Waals surface area contributed by atoms with Crippen molar-refractivity contribution in [2.75, 3.05) is 5.32 Å². The van der Waals surface area contributed by atoms with Crippen LogP contribution in [-0.2, 0) is 9.53 Å². The minimum Gasteiger partial charge on any atom is -0.465 e. The quantitative estimate of drug-likeness (QED) is 0.548. The van der Waals surface area contributed by atoms with Gasteiger partial charge in [0.15, 0.2) is 0 Å². The molecule has 1 heterocycles. The molecule has 0 atom stereocenters. The van der Waals surface area contributed by atoms with Crippen molar-refractivity contribution in [2.45, 2.75) is 58.0 Å². The SMILES string of the molecule is CC(C)OC=O.O=C(Nc1ccc(C2CCCCC2)cc1)c1onc2ccccc12. The highest BCUT2D eigenvalue weighted by atomic mass is 16.5. The summed E-state index contributed by atoms with van der Waals surface area (Å²) in [4.78, 5) is 21.8. The number of ether oxygens (including phenoxy) is 1. The van der Waals surface area contributed by atoms with E-state index >= 15 is 0 Å². The molecule has 158 valence electrons. The van der Waals surface area contributed by atoms with Crippen molar-refractivity contribution < 1.29 is 18.8 Å². The molecule has 4 rings (SSSR count). The summed E-state index contributed by atoms with van der Waals surface area (Å²) >= 11 is 0. The third-order valence-corrected chi connectivity index (χ3v) is 5.16. The second-order valence-electron chi connectivity index (χ2n) is 7.72. The van der Waals surface area contributed by atoms with Gasteiger partial charge in [-0.2, -0.15) is 0 Å². The number of nitrogens with zero attached hydrogens (tertiary/aromatic N) is 1. The minimum absolute atomic E-state index is 0.0301. The van der Waals surface area contributed by atoms with Crippen molar-refractivity contribution >= 4 is 29.0 Å². The van der Waals surface area contributed by atoms with E-state index in [2.05, 4.69) is 27.3 Å². The monoisotopic (exact) mass is 408 g/mol. The number of carbonyl (C=O) groups excluding carboxylic acids is 2. The van der Waals surface area contributed by atoms with E-state index in [-0.39, 0.29) is 17.8 Å². The first-order valence-corrected chi connectivity index (χ1v) is 10.4. The predicted molar refractivity (Wildman–Crippen MR) is 117 cm³/mol. The fourth-order valence-electron chi connectivity index (χ4n) is 3.63. The molecule has 2 aromatic carbocycles. The Hall–Kier alpha value is -3.15. The normalized spacial score (nSPS) is 14.1. The molecule has 1 aliphatic carbocycles. The maximum atomic E-state index is 12.4. The number of nitrogens with one attached hydrogen (secondary N) is 1. The van der Waals surface area contributed by atoms with Gasteiger partial charge in [-0.05, 0) is 62.4 Å². The van der Waals surface area contributed by atoms with Crippen molar-refractivity contribution in [1.82, 2.24) is 5.16 Å². The van der Waals surface area contributed by atoms with Gasteiger partial charge in [0.2, 0.25) is 5.76 Å². The number of fused-ring (bicyclic) bond motifs is 1. The highest BCUT2D eigenvalue weighted by Gasteiger charge is 2.18. The van der Waals surface area contributed by atoms with Crippen LogP contribution < -0.4 is 5.32 Å². The summed E-state index contributed by atoms with van der Waals surface area (Å²) in [5.74, 6) is 0.651. The Morgan fingerprint density at radius 2 is 1.80 bits per heavy atom. The third kappa shape index (κ3) is 5.69. The molecule has 0 radical (unpaired) electrons. The van der Waals surface area contributed by atoms with E-state index in [0.717, 1.165) is 11.1 Å². The average Bonchev–Trinajstić information content (AvgIpc) is 3.20. The van der Waals surface area contributed by atoms with E-state index in [1.165, 1.54) is 37.7 Å². The molecule has 1 N–H and O–H groups in total. The molecule has 30 heavy (non-hydrogen) atoms. The van der Waals surface area contributed by atoms with Gasteiger partial charge in [-0.1, -0.05) is 48.7 Å². The van der Waals surface area contributed by atoms with Gasteiger partial charge < -0.3 is 14.6 Å². The Kier molecular flexibility index (Phi) is 7.60. The van der Waals surface area contributed by atoms with Gasteiger partial charge in [-0.25, -0.2) is 0 Å². The summed E-state index contributed by atoms with van der Waals surface area (Å²) in [5, 5.41) is 7.55. The van der Waals surface area contributed by atoms with Crippen molar-refractivity contribution in [2.24, 2.45) is 0 Å². The average molecular weight is 408 g/mol. The smallest absolute Gasteiger partial charge is 0.294 e. The van der Waals surface area contributed by atoms with E-state index < -0.39 is 0 Å². The number of hydrogen-bond acceptors (Lipinski definition) is 5. The molecule has 1 aromatic heterocycles. The van der Waals surface area contributed by atoms with Crippen LogP contribution in [0.2, 0.25) is 0 Å². The zero-order valence-electron chi connectivity index (χ0n) is 17.5. The van der Waals surface area contributed by atoms with Gasteiger partial charge in [0.25, 0.3) is 12.4 Å². The molecule has 1 aliphatic rings. The Labute approximate surface area is 176 Å². The minimum atomic E-state index is -0.269. The first-order valence-electron chi connectivity index (χ1n) is 10.4. The fraction of sp³-hybridized carbons (Fsp3) is 0.375. The lowest BCUT2D eigenvalue weighted by Gasteiger charge is -2.22. The fourth-order valence-corrected chi connectivity index (χ4v) is 3.63. The summed E-state index contributed by atoms with van der Waals surface area (Å²) in [5.41, 5.74) is 2.84. The lowest BCUT2D eigenvalue weighted by atomic mass is 9.84. The molecule has 1 amide bonds. The largest absolute Gasteiger partial charge is 0.465 e. The Morgan fingerprint density at radius 3 is 2.43 bits per heavy atom. The topological polar surface area (TPSA) is 81.4 Å². The van der Waals surface area contributed by atoms with E-state index in [4.69, 9.17) is 4.52 Å². The lowest BCUT2D eigenvalue weighted by molar-refractivity contribution is -0.131. The van der Waals surface area contributed by atoms with Crippen LogP contribution in [0.15, 0.2) is 53.1 Å². The van der Waals surface area contributed by atoms with Gasteiger partial charge in [0.05, 0.1) is 11.5 Å². The molecule has 1 fully saturated rings. The van der Waals surface area contributed by atoms with Crippen LogP contribution >= 0.6 is 0 Å². The van der Waals surface area contributed by atoms with E-state index in [0.29, 0.717) is 17.9 Å². The molecule has 3 aromatic rings. The first-order chi connectivity index (χ1) is 14.6. The number of carbonyl (C=O) groups is 2. The number of rotatable bonds is 5. The molecule has 6 heteroatoms. The van der Waals surface area contributed by atoms with Crippen LogP contribution in [-0.4, -0.2) is 23.6 Å². The van der Waals surface area contributed by atoms with Crippen molar-refractivity contribution in [3.05, 3.63) is 59.9 Å². The molecule has 0 bridgehead atoms. The van der Waals surface area contributed by atoms with Gasteiger partial charge in [0, 0.05) is 5.69 Å². The molecule has 0 spiro atoms. The molecular formula is C24H28N2O4. The van der Waals surface area contributed by atoms with Crippen LogP contribution in [0.3, 0.4) is 0 Å². The van der Waals surface area contributed by atoms with E-state index in [9.17, 15) is 9.59 Å². The van der Waals surface area contributed by atoms with Crippen LogP contribution in [0.1, 0.15) is 68.0 Å². The number of amides is 1. The second-order valence-corrected chi connectivity index (χ2v) is 7.72. The summed E-state index contributed by atoms with van der Waals surface area (Å²) in [7, 11) is 0. The Bertz CT molecular complexity index is 957. The summed E-state index contributed by atoms with van der Waals surface area (Å²) in [6, 6.07) is 15.6. The number of benzene rings is 2. The van der Waals surface area contributed by atoms with Crippen molar-refractivity contribution in [1.29, 1.82) is 0 Å². The standard InChI is InChI=1S/C20H20N2O2.C4H8O2/c23-20(19-17-8-4-5-9-18(17)22-24-19)21-16-12-10-15(11-13-16)14-6-2-1-3-7-14;1-4(2)6-3-5/h4-5,8-14H,1-3,6-7H2,(H,21,23);3-4H,1-2H3. The summed E-state index contributed by atoms with van der Waals surface area (Å²) in [6.07, 6.45) is 6.58. The Morgan fingerprint density at radius 1 is 1.10 bits per heavy atom. The van der Waals surface area contributed by atoms with Crippen molar-refractivity contribution in [3.8, 4) is 0 Å². The zero-order valence-corrected chi connectivity index (χ0v) is 17.5. The number of hydrogen-bond donors (Lipinski definition) is 1. The van der Waals surface area contributed by atoms with Crippen LogP contribution in [0, 0.1) is 0 Å². The Balaban J connectivity index is 0.000000377. The predicted octanol–water partition coefficient (Wildman–Crippen LogP) is 5.70. The van der Waals surface area contributed by atoms with Gasteiger partial charge in [0.1, 0.15) is 5.52 Å². The molecular weight excluding hydrogens is 380 g/mol. The highest BCUT2D eigenvalue weighted by molar-refractivity contribution is 6.10. The highest BCUT2D eigenvalue weighted by Crippen LogP contribution is 2.33. The molecule has 0 saturated heterocycles.